The van der Waals surface area contributed by atoms with Crippen molar-refractivity contribution in [3.8, 4) is 0 Å². The number of hydrogen-bond donors (Lipinski definition) is 1. The van der Waals surface area contributed by atoms with Crippen LogP contribution in [0.15, 0.2) is 0 Å². The molecule has 4 nitrogen and oxygen atoms in total. The number of morpholine rings is 1. The van der Waals surface area contributed by atoms with Crippen LogP contribution in [0.3, 0.4) is 0 Å². The highest BCUT2D eigenvalue weighted by Crippen LogP contribution is 2.05. The van der Waals surface area contributed by atoms with Gasteiger partial charge in [0.25, 0.3) is 0 Å². The summed E-state index contributed by atoms with van der Waals surface area (Å²) in [6, 6.07) is 0. The lowest BCUT2D eigenvalue weighted by molar-refractivity contribution is -0.0387. The Bertz CT molecular complexity index is 211. The van der Waals surface area contributed by atoms with Crippen LogP contribution in [0.25, 0.3) is 0 Å². The second-order valence-corrected chi connectivity index (χ2v) is 5.75. The van der Waals surface area contributed by atoms with Crippen molar-refractivity contribution in [1.29, 1.82) is 0 Å². The zero-order valence-electron chi connectivity index (χ0n) is 12.6. The summed E-state index contributed by atoms with van der Waals surface area (Å²) in [5.41, 5.74) is 0. The van der Waals surface area contributed by atoms with Crippen LogP contribution >= 0.6 is 0 Å². The van der Waals surface area contributed by atoms with E-state index in [-0.39, 0.29) is 0 Å². The van der Waals surface area contributed by atoms with Gasteiger partial charge in [-0.25, -0.2) is 0 Å². The molecule has 1 N–H and O–H groups in total. The van der Waals surface area contributed by atoms with Gasteiger partial charge in [0.1, 0.15) is 0 Å². The number of nitrogens with one attached hydrogen (secondary N) is 1. The van der Waals surface area contributed by atoms with Crippen molar-refractivity contribution in [2.75, 3.05) is 59.5 Å². The number of likely N-dealkylation sites (N-methyl/N-ethyl adjacent to an activating group) is 2. The van der Waals surface area contributed by atoms with Crippen LogP contribution in [-0.4, -0.2) is 75.4 Å². The van der Waals surface area contributed by atoms with E-state index < -0.39 is 0 Å². The van der Waals surface area contributed by atoms with Crippen LogP contribution in [0.4, 0.5) is 0 Å². The summed E-state index contributed by atoms with van der Waals surface area (Å²) >= 11 is 0. The molecule has 1 aliphatic heterocycles. The predicted octanol–water partition coefficient (Wildman–Crippen LogP) is 0.885. The van der Waals surface area contributed by atoms with E-state index in [9.17, 15) is 0 Å². The lowest BCUT2D eigenvalue weighted by atomic mass is 10.2. The molecule has 1 atom stereocenters. The van der Waals surface area contributed by atoms with Crippen LogP contribution in [0.5, 0.6) is 0 Å². The third-order valence-electron chi connectivity index (χ3n) is 3.41. The highest BCUT2D eigenvalue weighted by Gasteiger charge is 2.20. The molecule has 0 bridgehead atoms. The maximum Gasteiger partial charge on any atom is 0.0829 e. The van der Waals surface area contributed by atoms with E-state index in [1.165, 1.54) is 0 Å². The van der Waals surface area contributed by atoms with E-state index in [0.29, 0.717) is 6.10 Å². The Morgan fingerprint density at radius 2 is 2.22 bits per heavy atom. The summed E-state index contributed by atoms with van der Waals surface area (Å²) < 4.78 is 5.82. The van der Waals surface area contributed by atoms with Crippen molar-refractivity contribution in [3.05, 3.63) is 0 Å². The molecule has 108 valence electrons. The first kappa shape index (κ1) is 15.9. The van der Waals surface area contributed by atoms with Crippen molar-refractivity contribution < 1.29 is 4.74 Å². The van der Waals surface area contributed by atoms with Crippen molar-refractivity contribution in [1.82, 2.24) is 15.1 Å². The number of ether oxygens (including phenoxy) is 1. The summed E-state index contributed by atoms with van der Waals surface area (Å²) in [7, 11) is 2.19. The molecule has 1 saturated heterocycles. The fraction of sp³-hybridized carbons (Fsp3) is 1.00. The molecular formula is C14H31N3O. The molecule has 0 saturated carbocycles. The zero-order chi connectivity index (χ0) is 13.4. The molecule has 1 aliphatic rings. The van der Waals surface area contributed by atoms with E-state index in [0.717, 1.165) is 58.3 Å². The molecule has 0 amide bonds. The molecular weight excluding hydrogens is 226 g/mol. The third-order valence-corrected chi connectivity index (χ3v) is 3.41. The Morgan fingerprint density at radius 3 is 2.89 bits per heavy atom. The number of hydrogen-bond acceptors (Lipinski definition) is 4. The van der Waals surface area contributed by atoms with Gasteiger partial charge in [0.2, 0.25) is 0 Å². The fourth-order valence-corrected chi connectivity index (χ4v) is 2.28. The molecule has 0 aromatic rings. The van der Waals surface area contributed by atoms with Crippen molar-refractivity contribution in [2.45, 2.75) is 26.9 Å². The Labute approximate surface area is 113 Å². The molecule has 0 aliphatic carbocycles. The van der Waals surface area contributed by atoms with Crippen LogP contribution < -0.4 is 5.32 Å². The normalized spacial score (nSPS) is 22.0. The van der Waals surface area contributed by atoms with Crippen LogP contribution in [0, 0.1) is 5.92 Å². The number of nitrogens with zero attached hydrogens (tertiary/aromatic N) is 2. The quantitative estimate of drug-likeness (QED) is 0.654. The maximum atomic E-state index is 5.82. The second-order valence-electron chi connectivity index (χ2n) is 5.75. The fourth-order valence-electron chi connectivity index (χ4n) is 2.28. The van der Waals surface area contributed by atoms with E-state index >= 15 is 0 Å². The molecule has 4 heteroatoms. The number of rotatable bonds is 8. The summed E-state index contributed by atoms with van der Waals surface area (Å²) in [5.74, 6) is 0.732. The van der Waals surface area contributed by atoms with Crippen LogP contribution in [-0.2, 0) is 4.74 Å². The lowest BCUT2D eigenvalue weighted by Gasteiger charge is -2.34. The Hall–Kier alpha value is -0.160. The van der Waals surface area contributed by atoms with Crippen LogP contribution in [0.1, 0.15) is 20.8 Å². The van der Waals surface area contributed by atoms with Gasteiger partial charge in [0, 0.05) is 32.7 Å². The van der Waals surface area contributed by atoms with Crippen LogP contribution in [0.2, 0.25) is 0 Å². The summed E-state index contributed by atoms with van der Waals surface area (Å²) in [6.45, 7) is 15.2. The molecule has 0 spiro atoms. The van der Waals surface area contributed by atoms with Gasteiger partial charge in [0.15, 0.2) is 0 Å². The van der Waals surface area contributed by atoms with Crippen molar-refractivity contribution in [3.63, 3.8) is 0 Å². The molecule has 0 aromatic carbocycles. The molecule has 18 heavy (non-hydrogen) atoms. The average Bonchev–Trinajstić information content (AvgIpc) is 2.34. The summed E-state index contributed by atoms with van der Waals surface area (Å²) in [4.78, 5) is 4.84. The molecule has 0 aromatic heterocycles. The Balaban J connectivity index is 2.09. The first-order valence-electron chi connectivity index (χ1n) is 7.35. The van der Waals surface area contributed by atoms with Gasteiger partial charge in [-0.3, -0.25) is 4.90 Å². The van der Waals surface area contributed by atoms with Gasteiger partial charge in [-0.05, 0) is 26.1 Å². The molecule has 1 unspecified atom stereocenters. The van der Waals surface area contributed by atoms with E-state index in [1.54, 1.807) is 0 Å². The minimum absolute atomic E-state index is 0.383. The highest BCUT2D eigenvalue weighted by atomic mass is 16.5. The summed E-state index contributed by atoms with van der Waals surface area (Å²) in [6.07, 6.45) is 0.383. The van der Waals surface area contributed by atoms with Crippen molar-refractivity contribution >= 4 is 0 Å². The van der Waals surface area contributed by atoms with Gasteiger partial charge >= 0.3 is 0 Å². The molecule has 0 radical (unpaired) electrons. The SMILES string of the molecule is CCN1CCOC(CN(C)CCNCC(C)C)C1. The molecule has 1 fully saturated rings. The van der Waals surface area contributed by atoms with Gasteiger partial charge < -0.3 is 15.0 Å². The topological polar surface area (TPSA) is 27.7 Å². The molecule has 1 rings (SSSR count). The second kappa shape index (κ2) is 8.86. The van der Waals surface area contributed by atoms with Crippen molar-refractivity contribution in [2.24, 2.45) is 5.92 Å². The largest absolute Gasteiger partial charge is 0.374 e. The van der Waals surface area contributed by atoms with Gasteiger partial charge in [-0.2, -0.15) is 0 Å². The smallest absolute Gasteiger partial charge is 0.0829 e. The maximum absolute atomic E-state index is 5.82. The Kier molecular flexibility index (Phi) is 7.82. The lowest BCUT2D eigenvalue weighted by Crippen LogP contribution is -2.47. The van der Waals surface area contributed by atoms with Gasteiger partial charge in [0.05, 0.1) is 12.7 Å². The van der Waals surface area contributed by atoms with E-state index in [4.69, 9.17) is 4.74 Å². The highest BCUT2D eigenvalue weighted by molar-refractivity contribution is 4.73. The minimum Gasteiger partial charge on any atom is -0.374 e. The van der Waals surface area contributed by atoms with Gasteiger partial charge in [-0.1, -0.05) is 20.8 Å². The first-order chi connectivity index (χ1) is 8.61. The minimum atomic E-state index is 0.383. The molecule has 1 heterocycles. The van der Waals surface area contributed by atoms with E-state index in [2.05, 4.69) is 42.9 Å². The summed E-state index contributed by atoms with van der Waals surface area (Å²) in [5, 5.41) is 3.48. The average molecular weight is 257 g/mol. The predicted molar refractivity (Wildman–Crippen MR) is 77.1 cm³/mol. The van der Waals surface area contributed by atoms with Gasteiger partial charge in [-0.15, -0.1) is 0 Å². The zero-order valence-corrected chi connectivity index (χ0v) is 12.6. The Morgan fingerprint density at radius 1 is 1.44 bits per heavy atom. The first-order valence-corrected chi connectivity index (χ1v) is 7.35. The monoisotopic (exact) mass is 257 g/mol. The third kappa shape index (κ3) is 6.69. The standard InChI is InChI=1S/C14H31N3O/c1-5-17-8-9-18-14(12-17)11-16(4)7-6-15-10-13(2)3/h13-15H,5-12H2,1-4H3. The van der Waals surface area contributed by atoms with E-state index in [1.807, 2.05) is 0 Å².